The fraction of sp³-hybridized carbons (Fsp3) is 0.100. The number of ether oxygens (including phenoxy) is 1. The minimum Gasteiger partial charge on any atom is -0.423 e. The number of thiophene rings is 1. The van der Waals surface area contributed by atoms with E-state index in [2.05, 4.69) is 4.98 Å². The fourth-order valence-electron chi connectivity index (χ4n) is 1.32. The standard InChI is InChI=1S/C10H8N2O3S/c1-5(13)15-8-7(10(11)14)12-4-6-2-3-16-9(6)8/h2-4H,1H3,(H2,11,14). The number of aromatic nitrogens is 1. The van der Waals surface area contributed by atoms with Crippen molar-refractivity contribution in [2.75, 3.05) is 0 Å². The summed E-state index contributed by atoms with van der Waals surface area (Å²) >= 11 is 1.36. The number of rotatable bonds is 2. The average Bonchev–Trinajstić information content (AvgIpc) is 2.64. The van der Waals surface area contributed by atoms with Gasteiger partial charge in [-0.2, -0.15) is 0 Å². The van der Waals surface area contributed by atoms with Crippen molar-refractivity contribution < 1.29 is 14.3 Å². The lowest BCUT2D eigenvalue weighted by Crippen LogP contribution is -2.16. The maximum atomic E-state index is 11.1. The second-order valence-corrected chi connectivity index (χ2v) is 4.02. The van der Waals surface area contributed by atoms with E-state index in [1.807, 2.05) is 11.4 Å². The third-order valence-electron chi connectivity index (χ3n) is 1.93. The van der Waals surface area contributed by atoms with Gasteiger partial charge in [-0.25, -0.2) is 4.98 Å². The molecule has 0 fully saturated rings. The van der Waals surface area contributed by atoms with Crippen LogP contribution in [0.5, 0.6) is 5.75 Å². The van der Waals surface area contributed by atoms with Crippen LogP contribution in [-0.2, 0) is 4.79 Å². The number of hydrogen-bond donors (Lipinski definition) is 1. The van der Waals surface area contributed by atoms with E-state index in [1.165, 1.54) is 24.5 Å². The summed E-state index contributed by atoms with van der Waals surface area (Å²) in [6, 6.07) is 1.82. The molecule has 0 saturated carbocycles. The molecule has 2 N–H and O–H groups in total. The summed E-state index contributed by atoms with van der Waals surface area (Å²) in [6.45, 7) is 1.26. The highest BCUT2D eigenvalue weighted by Crippen LogP contribution is 2.32. The molecular formula is C10H8N2O3S. The summed E-state index contributed by atoms with van der Waals surface area (Å²) in [4.78, 5) is 26.0. The number of fused-ring (bicyclic) bond motifs is 1. The van der Waals surface area contributed by atoms with E-state index in [-0.39, 0.29) is 11.4 Å². The molecule has 6 heteroatoms. The molecule has 16 heavy (non-hydrogen) atoms. The van der Waals surface area contributed by atoms with Gasteiger partial charge in [-0.1, -0.05) is 0 Å². The number of carbonyl (C=O) groups is 2. The maximum Gasteiger partial charge on any atom is 0.308 e. The van der Waals surface area contributed by atoms with Crippen molar-refractivity contribution in [2.45, 2.75) is 6.92 Å². The molecule has 0 spiro atoms. The number of nitrogens with zero attached hydrogens (tertiary/aromatic N) is 1. The maximum absolute atomic E-state index is 11.1. The van der Waals surface area contributed by atoms with Crippen molar-refractivity contribution >= 4 is 33.3 Å². The molecule has 0 unspecified atom stereocenters. The Balaban J connectivity index is 2.70. The Morgan fingerprint density at radius 3 is 2.88 bits per heavy atom. The second kappa shape index (κ2) is 3.90. The number of pyridine rings is 1. The first-order valence-corrected chi connectivity index (χ1v) is 5.32. The molecule has 0 bridgehead atoms. The highest BCUT2D eigenvalue weighted by molar-refractivity contribution is 7.17. The monoisotopic (exact) mass is 236 g/mol. The van der Waals surface area contributed by atoms with E-state index in [0.29, 0.717) is 4.70 Å². The van der Waals surface area contributed by atoms with E-state index >= 15 is 0 Å². The van der Waals surface area contributed by atoms with Crippen LogP contribution in [0.4, 0.5) is 0 Å². The number of hydrogen-bond acceptors (Lipinski definition) is 5. The average molecular weight is 236 g/mol. The summed E-state index contributed by atoms with van der Waals surface area (Å²) in [6.07, 6.45) is 1.53. The highest BCUT2D eigenvalue weighted by Gasteiger charge is 2.17. The van der Waals surface area contributed by atoms with Crippen LogP contribution in [0.3, 0.4) is 0 Å². The van der Waals surface area contributed by atoms with Crippen molar-refractivity contribution in [2.24, 2.45) is 5.73 Å². The summed E-state index contributed by atoms with van der Waals surface area (Å²) in [7, 11) is 0. The molecule has 2 heterocycles. The highest BCUT2D eigenvalue weighted by atomic mass is 32.1. The molecule has 0 aliphatic heterocycles. The number of amides is 1. The number of primary amides is 1. The van der Waals surface area contributed by atoms with E-state index < -0.39 is 11.9 Å². The predicted molar refractivity (Wildman–Crippen MR) is 59.4 cm³/mol. The zero-order valence-corrected chi connectivity index (χ0v) is 9.21. The second-order valence-electron chi connectivity index (χ2n) is 3.10. The predicted octanol–water partition coefficient (Wildman–Crippen LogP) is 1.32. The zero-order valence-electron chi connectivity index (χ0n) is 8.39. The van der Waals surface area contributed by atoms with Gasteiger partial charge in [0.1, 0.15) is 0 Å². The van der Waals surface area contributed by atoms with Gasteiger partial charge in [0.2, 0.25) is 0 Å². The third kappa shape index (κ3) is 1.74. The minimum atomic E-state index is -0.716. The van der Waals surface area contributed by atoms with E-state index in [9.17, 15) is 9.59 Å². The van der Waals surface area contributed by atoms with Crippen LogP contribution in [0.15, 0.2) is 17.6 Å². The third-order valence-corrected chi connectivity index (χ3v) is 2.86. The largest absolute Gasteiger partial charge is 0.423 e. The van der Waals surface area contributed by atoms with Gasteiger partial charge in [0.15, 0.2) is 11.4 Å². The summed E-state index contributed by atoms with van der Waals surface area (Å²) in [5.74, 6) is -1.08. The first kappa shape index (κ1) is 10.6. The van der Waals surface area contributed by atoms with E-state index in [1.54, 1.807) is 0 Å². The summed E-state index contributed by atoms with van der Waals surface area (Å²) in [5, 5.41) is 2.63. The van der Waals surface area contributed by atoms with Crippen molar-refractivity contribution in [3.8, 4) is 5.75 Å². The Kier molecular flexibility index (Phi) is 2.57. The lowest BCUT2D eigenvalue weighted by molar-refractivity contribution is -0.131. The number of nitrogens with two attached hydrogens (primary N) is 1. The topological polar surface area (TPSA) is 82.3 Å². The first-order chi connectivity index (χ1) is 7.59. The van der Waals surface area contributed by atoms with Gasteiger partial charge in [0, 0.05) is 18.5 Å². The molecule has 5 nitrogen and oxygen atoms in total. The lowest BCUT2D eigenvalue weighted by atomic mass is 10.2. The van der Waals surface area contributed by atoms with Crippen LogP contribution in [0.1, 0.15) is 17.4 Å². The Bertz CT molecular complexity index is 576. The van der Waals surface area contributed by atoms with Gasteiger partial charge in [-0.3, -0.25) is 9.59 Å². The molecule has 0 saturated heterocycles. The van der Waals surface area contributed by atoms with Gasteiger partial charge in [0.25, 0.3) is 5.91 Å². The molecule has 0 atom stereocenters. The zero-order chi connectivity index (χ0) is 11.7. The first-order valence-electron chi connectivity index (χ1n) is 4.44. The number of carbonyl (C=O) groups excluding carboxylic acids is 2. The minimum absolute atomic E-state index is 0.0230. The molecule has 2 aromatic rings. The SMILES string of the molecule is CC(=O)Oc1c(C(N)=O)ncc2ccsc12. The fourth-order valence-corrected chi connectivity index (χ4v) is 2.17. The van der Waals surface area contributed by atoms with Crippen molar-refractivity contribution in [1.29, 1.82) is 0 Å². The Morgan fingerprint density at radius 1 is 1.50 bits per heavy atom. The van der Waals surface area contributed by atoms with Crippen LogP contribution in [0, 0.1) is 0 Å². The molecule has 0 radical (unpaired) electrons. The van der Waals surface area contributed by atoms with Crippen LogP contribution in [0.25, 0.3) is 10.1 Å². The molecule has 1 amide bonds. The van der Waals surface area contributed by atoms with Crippen molar-refractivity contribution in [3.05, 3.63) is 23.3 Å². The summed E-state index contributed by atoms with van der Waals surface area (Å²) in [5.41, 5.74) is 5.14. The van der Waals surface area contributed by atoms with E-state index in [4.69, 9.17) is 10.5 Å². The van der Waals surface area contributed by atoms with Gasteiger partial charge in [-0.15, -0.1) is 11.3 Å². The summed E-state index contributed by atoms with van der Waals surface area (Å²) < 4.78 is 5.68. The van der Waals surface area contributed by atoms with Crippen LogP contribution in [0.2, 0.25) is 0 Å². The van der Waals surface area contributed by atoms with Crippen LogP contribution >= 0.6 is 11.3 Å². The molecular weight excluding hydrogens is 228 g/mol. The Labute approximate surface area is 94.8 Å². The Hall–Kier alpha value is -1.95. The van der Waals surface area contributed by atoms with Gasteiger partial charge >= 0.3 is 5.97 Å². The molecule has 0 aliphatic carbocycles. The lowest BCUT2D eigenvalue weighted by Gasteiger charge is -2.06. The van der Waals surface area contributed by atoms with Crippen molar-refractivity contribution in [3.63, 3.8) is 0 Å². The normalized spacial score (nSPS) is 10.3. The quantitative estimate of drug-likeness (QED) is 0.797. The smallest absolute Gasteiger partial charge is 0.308 e. The molecule has 2 rings (SSSR count). The van der Waals surface area contributed by atoms with Crippen LogP contribution in [-0.4, -0.2) is 16.9 Å². The molecule has 0 aliphatic rings. The van der Waals surface area contributed by atoms with E-state index in [0.717, 1.165) is 5.39 Å². The van der Waals surface area contributed by atoms with Gasteiger partial charge in [0.05, 0.1) is 4.70 Å². The van der Waals surface area contributed by atoms with Crippen molar-refractivity contribution in [1.82, 2.24) is 4.98 Å². The molecule has 2 aromatic heterocycles. The molecule has 82 valence electrons. The van der Waals surface area contributed by atoms with Gasteiger partial charge < -0.3 is 10.5 Å². The van der Waals surface area contributed by atoms with Gasteiger partial charge in [-0.05, 0) is 11.4 Å². The number of esters is 1. The van der Waals surface area contributed by atoms with Crippen LogP contribution < -0.4 is 10.5 Å². The Morgan fingerprint density at radius 2 is 2.25 bits per heavy atom. The molecule has 0 aromatic carbocycles.